The summed E-state index contributed by atoms with van der Waals surface area (Å²) in [5.41, 5.74) is 1.86. The van der Waals surface area contributed by atoms with Crippen molar-refractivity contribution < 1.29 is 28.6 Å². The summed E-state index contributed by atoms with van der Waals surface area (Å²) < 4.78 is 15.9. The largest absolute Gasteiger partial charge is 0.459 e. The highest BCUT2D eigenvalue weighted by atomic mass is 16.6. The van der Waals surface area contributed by atoms with Crippen molar-refractivity contribution in [3.05, 3.63) is 35.4 Å². The molecule has 1 saturated heterocycles. The van der Waals surface area contributed by atoms with Crippen molar-refractivity contribution in [2.24, 2.45) is 0 Å². The van der Waals surface area contributed by atoms with E-state index in [1.165, 1.54) is 6.92 Å². The first-order valence-corrected chi connectivity index (χ1v) is 7.42. The molecule has 1 fully saturated rings. The van der Waals surface area contributed by atoms with Crippen LogP contribution in [0.2, 0.25) is 0 Å². The minimum absolute atomic E-state index is 0.107. The molecular weight excluding hydrogens is 302 g/mol. The molecule has 2 aliphatic heterocycles. The molecule has 0 saturated carbocycles. The molecule has 4 atom stereocenters. The predicted molar refractivity (Wildman–Crippen MR) is 77.1 cm³/mol. The van der Waals surface area contributed by atoms with Crippen molar-refractivity contribution in [1.29, 1.82) is 0 Å². The van der Waals surface area contributed by atoms with Crippen LogP contribution in [0.15, 0.2) is 24.3 Å². The predicted octanol–water partition coefficient (Wildman–Crippen LogP) is 0.792. The van der Waals surface area contributed by atoms with Gasteiger partial charge in [-0.05, 0) is 18.1 Å². The number of nitrogens with one attached hydrogen (secondary N) is 1. The van der Waals surface area contributed by atoms with Gasteiger partial charge in [0.2, 0.25) is 0 Å². The summed E-state index contributed by atoms with van der Waals surface area (Å²) in [7, 11) is 0. The molecule has 2 aliphatic rings. The van der Waals surface area contributed by atoms with Crippen LogP contribution in [0.5, 0.6) is 0 Å². The minimum atomic E-state index is -0.967. The van der Waals surface area contributed by atoms with Crippen LogP contribution in [0.3, 0.4) is 0 Å². The average Bonchev–Trinajstić information content (AvgIpc) is 3.05. The summed E-state index contributed by atoms with van der Waals surface area (Å²) in [4.78, 5) is 34.8. The van der Waals surface area contributed by atoms with Crippen LogP contribution in [0.25, 0.3) is 0 Å². The van der Waals surface area contributed by atoms with Crippen LogP contribution >= 0.6 is 0 Å². The first-order valence-electron chi connectivity index (χ1n) is 7.42. The van der Waals surface area contributed by atoms with Crippen molar-refractivity contribution in [3.63, 3.8) is 0 Å². The normalized spacial score (nSPS) is 27.2. The number of amides is 1. The Bertz CT molecular complexity index is 658. The average molecular weight is 319 g/mol. The van der Waals surface area contributed by atoms with E-state index in [1.54, 1.807) is 6.92 Å². The molecule has 1 N–H and O–H groups in total. The molecule has 0 radical (unpaired) electrons. The third kappa shape index (κ3) is 2.68. The van der Waals surface area contributed by atoms with Gasteiger partial charge in [0.05, 0.1) is 12.6 Å². The van der Waals surface area contributed by atoms with E-state index in [0.29, 0.717) is 0 Å². The molecule has 23 heavy (non-hydrogen) atoms. The Hall–Kier alpha value is -2.41. The van der Waals surface area contributed by atoms with Crippen LogP contribution in [0.4, 0.5) is 0 Å². The van der Waals surface area contributed by atoms with Gasteiger partial charge in [0.15, 0.2) is 6.10 Å². The molecule has 0 unspecified atom stereocenters. The van der Waals surface area contributed by atoms with Crippen LogP contribution in [0.1, 0.15) is 37.2 Å². The van der Waals surface area contributed by atoms with Crippen LogP contribution < -0.4 is 5.32 Å². The summed E-state index contributed by atoms with van der Waals surface area (Å²) in [6.07, 6.45) is -1.59. The Balaban J connectivity index is 1.85. The van der Waals surface area contributed by atoms with Gasteiger partial charge < -0.3 is 19.5 Å². The zero-order valence-corrected chi connectivity index (χ0v) is 12.8. The molecule has 0 aromatic heterocycles. The van der Waals surface area contributed by atoms with Crippen LogP contribution in [0, 0.1) is 0 Å². The van der Waals surface area contributed by atoms with Gasteiger partial charge in [0.25, 0.3) is 0 Å². The fourth-order valence-corrected chi connectivity index (χ4v) is 3.12. The number of benzene rings is 1. The van der Waals surface area contributed by atoms with E-state index < -0.39 is 42.2 Å². The van der Waals surface area contributed by atoms with Crippen molar-refractivity contribution in [3.8, 4) is 0 Å². The maximum atomic E-state index is 11.9. The first kappa shape index (κ1) is 15.5. The first-order chi connectivity index (χ1) is 11.0. The molecule has 122 valence electrons. The van der Waals surface area contributed by atoms with E-state index in [0.717, 1.165) is 11.1 Å². The highest BCUT2D eigenvalue weighted by Gasteiger charge is 2.55. The standard InChI is InChI=1S/C16H17NO6/c1-3-21-16(20)15(19)17-11-12-9-6-4-5-7-10(9)13(23-12)14(11)22-8(2)18/h4-7,11-14H,3H2,1-2H3,(H,17,19)/t11-,12+,13-,14+/m1/s1. The van der Waals surface area contributed by atoms with E-state index in [-0.39, 0.29) is 6.61 Å². The number of rotatable bonds is 3. The van der Waals surface area contributed by atoms with Gasteiger partial charge in [0, 0.05) is 6.92 Å². The zero-order chi connectivity index (χ0) is 16.6. The summed E-state index contributed by atoms with van der Waals surface area (Å²) >= 11 is 0. The number of ether oxygens (including phenoxy) is 3. The van der Waals surface area contributed by atoms with Crippen molar-refractivity contribution in [2.45, 2.75) is 38.2 Å². The number of carbonyl (C=O) groups excluding carboxylic acids is 3. The molecule has 7 heteroatoms. The molecule has 0 aliphatic carbocycles. The molecule has 0 spiro atoms. The van der Waals surface area contributed by atoms with Crippen molar-refractivity contribution in [2.75, 3.05) is 6.61 Å². The van der Waals surface area contributed by atoms with Crippen LogP contribution in [-0.2, 0) is 28.6 Å². The van der Waals surface area contributed by atoms with Gasteiger partial charge in [-0.15, -0.1) is 0 Å². The summed E-state index contributed by atoms with van der Waals surface area (Å²) in [5, 5.41) is 2.58. The quantitative estimate of drug-likeness (QED) is 0.654. The van der Waals surface area contributed by atoms with Gasteiger partial charge in [-0.3, -0.25) is 9.59 Å². The second-order valence-corrected chi connectivity index (χ2v) is 5.40. The Labute approximate surface area is 132 Å². The van der Waals surface area contributed by atoms with Crippen molar-refractivity contribution in [1.82, 2.24) is 5.32 Å². The molecule has 1 amide bonds. The van der Waals surface area contributed by atoms with Gasteiger partial charge in [-0.1, -0.05) is 24.3 Å². The van der Waals surface area contributed by atoms with Gasteiger partial charge >= 0.3 is 17.8 Å². The summed E-state index contributed by atoms with van der Waals surface area (Å²) in [6.45, 7) is 3.02. The SMILES string of the molecule is CCOC(=O)C(=O)N[C@H]1[C@H](OC(C)=O)[C@@H]2O[C@H]1c1ccccc12. The number of hydrogen-bond acceptors (Lipinski definition) is 6. The fraction of sp³-hybridized carbons (Fsp3) is 0.438. The maximum absolute atomic E-state index is 11.9. The highest BCUT2D eigenvalue weighted by molar-refractivity contribution is 6.32. The molecule has 7 nitrogen and oxygen atoms in total. The van der Waals surface area contributed by atoms with Gasteiger partial charge in [-0.25, -0.2) is 4.79 Å². The molecule has 3 rings (SSSR count). The smallest absolute Gasteiger partial charge is 0.396 e. The summed E-state index contributed by atoms with van der Waals surface area (Å²) in [5.74, 6) is -2.31. The van der Waals surface area contributed by atoms with E-state index in [4.69, 9.17) is 9.47 Å². The Morgan fingerprint density at radius 3 is 2.43 bits per heavy atom. The lowest BCUT2D eigenvalue weighted by Crippen LogP contribution is -2.50. The lowest BCUT2D eigenvalue weighted by Gasteiger charge is -2.29. The second kappa shape index (κ2) is 6.00. The van der Waals surface area contributed by atoms with Gasteiger partial charge in [-0.2, -0.15) is 0 Å². The highest BCUT2D eigenvalue weighted by Crippen LogP contribution is 2.51. The van der Waals surface area contributed by atoms with E-state index in [1.807, 2.05) is 24.3 Å². The lowest BCUT2D eigenvalue weighted by molar-refractivity contribution is -0.156. The van der Waals surface area contributed by atoms with Gasteiger partial charge in [0.1, 0.15) is 12.2 Å². The van der Waals surface area contributed by atoms with Crippen LogP contribution in [-0.4, -0.2) is 36.6 Å². The molecule has 2 heterocycles. The number of fused-ring (bicyclic) bond motifs is 5. The van der Waals surface area contributed by atoms with Crippen molar-refractivity contribution >= 4 is 17.8 Å². The Morgan fingerprint density at radius 2 is 1.83 bits per heavy atom. The lowest BCUT2D eigenvalue weighted by atomic mass is 9.86. The van der Waals surface area contributed by atoms with E-state index in [9.17, 15) is 14.4 Å². The molecule has 1 aromatic carbocycles. The molecule has 2 bridgehead atoms. The topological polar surface area (TPSA) is 90.9 Å². The second-order valence-electron chi connectivity index (χ2n) is 5.40. The Kier molecular flexibility index (Phi) is 4.04. The Morgan fingerprint density at radius 1 is 1.17 bits per heavy atom. The van der Waals surface area contributed by atoms with E-state index >= 15 is 0 Å². The number of esters is 2. The maximum Gasteiger partial charge on any atom is 0.396 e. The number of hydrogen-bond donors (Lipinski definition) is 1. The monoisotopic (exact) mass is 319 g/mol. The summed E-state index contributed by atoms with van der Waals surface area (Å²) in [6, 6.07) is 6.91. The fourth-order valence-electron chi connectivity index (χ4n) is 3.12. The van der Waals surface area contributed by atoms with E-state index in [2.05, 4.69) is 10.1 Å². The molecular formula is C16H17NO6. The number of carbonyl (C=O) groups is 3. The third-order valence-electron chi connectivity index (χ3n) is 3.94. The minimum Gasteiger partial charge on any atom is -0.459 e. The molecule has 1 aromatic rings. The zero-order valence-electron chi connectivity index (χ0n) is 12.8. The third-order valence-corrected chi connectivity index (χ3v) is 3.94.